The lowest BCUT2D eigenvalue weighted by atomic mass is 10.00. The van der Waals surface area contributed by atoms with Crippen LogP contribution in [0.5, 0.6) is 11.5 Å². The number of benzene rings is 4. The molecule has 0 saturated carbocycles. The van der Waals surface area contributed by atoms with Crippen LogP contribution >= 0.6 is 0 Å². The SMILES string of the molecule is COc1ccc(S(=O)(=O)n2c(CNC(C)c3cccc4ccccc34)cc3ccccc32)cc1OC. The lowest BCUT2D eigenvalue weighted by molar-refractivity contribution is 0.354. The Morgan fingerprint density at radius 2 is 1.50 bits per heavy atom. The van der Waals surface area contributed by atoms with E-state index in [1.54, 1.807) is 12.1 Å². The molecule has 1 aromatic heterocycles. The summed E-state index contributed by atoms with van der Waals surface area (Å²) in [5, 5.41) is 6.75. The number of para-hydroxylation sites is 1. The van der Waals surface area contributed by atoms with Crippen molar-refractivity contribution < 1.29 is 17.9 Å². The number of fused-ring (bicyclic) bond motifs is 2. The fourth-order valence-electron chi connectivity index (χ4n) is 4.67. The first-order valence-corrected chi connectivity index (χ1v) is 13.2. The van der Waals surface area contributed by atoms with Gasteiger partial charge in [0.05, 0.1) is 24.6 Å². The first-order chi connectivity index (χ1) is 17.4. The number of hydrogen-bond donors (Lipinski definition) is 1. The fraction of sp³-hybridized carbons (Fsp3) is 0.172. The first kappa shape index (κ1) is 23.9. The van der Waals surface area contributed by atoms with Gasteiger partial charge in [-0.1, -0.05) is 60.7 Å². The van der Waals surface area contributed by atoms with Crippen molar-refractivity contribution in [1.29, 1.82) is 0 Å². The average Bonchev–Trinajstić information content (AvgIpc) is 3.30. The van der Waals surface area contributed by atoms with E-state index in [9.17, 15) is 8.42 Å². The van der Waals surface area contributed by atoms with Crippen molar-refractivity contribution in [2.45, 2.75) is 24.4 Å². The topological polar surface area (TPSA) is 69.6 Å². The lowest BCUT2D eigenvalue weighted by Gasteiger charge is -2.18. The van der Waals surface area contributed by atoms with Crippen molar-refractivity contribution in [1.82, 2.24) is 9.29 Å². The monoisotopic (exact) mass is 500 g/mol. The summed E-state index contributed by atoms with van der Waals surface area (Å²) in [6, 6.07) is 28.6. The summed E-state index contributed by atoms with van der Waals surface area (Å²) >= 11 is 0. The summed E-state index contributed by atoms with van der Waals surface area (Å²) in [7, 11) is -0.907. The van der Waals surface area contributed by atoms with Crippen LogP contribution in [-0.2, 0) is 16.6 Å². The molecular formula is C29H28N2O4S. The molecule has 6 nitrogen and oxygen atoms in total. The predicted octanol–water partition coefficient (Wildman–Crippen LogP) is 5.90. The minimum Gasteiger partial charge on any atom is -0.493 e. The van der Waals surface area contributed by atoms with Gasteiger partial charge in [0, 0.05) is 29.7 Å². The molecule has 0 aliphatic carbocycles. The van der Waals surface area contributed by atoms with Crippen molar-refractivity contribution in [2.24, 2.45) is 0 Å². The van der Waals surface area contributed by atoms with Gasteiger partial charge in [-0.3, -0.25) is 0 Å². The Morgan fingerprint density at radius 3 is 2.28 bits per heavy atom. The molecule has 1 heterocycles. The van der Waals surface area contributed by atoms with Crippen molar-refractivity contribution in [3.63, 3.8) is 0 Å². The van der Waals surface area contributed by atoms with E-state index in [4.69, 9.17) is 9.47 Å². The van der Waals surface area contributed by atoms with E-state index >= 15 is 0 Å². The van der Waals surface area contributed by atoms with E-state index in [0.29, 0.717) is 29.3 Å². The maximum atomic E-state index is 13.9. The molecule has 0 saturated heterocycles. The molecule has 0 aliphatic rings. The maximum Gasteiger partial charge on any atom is 0.268 e. The number of hydrogen-bond acceptors (Lipinski definition) is 5. The van der Waals surface area contributed by atoms with Gasteiger partial charge < -0.3 is 14.8 Å². The van der Waals surface area contributed by atoms with Crippen molar-refractivity contribution in [2.75, 3.05) is 14.2 Å². The van der Waals surface area contributed by atoms with Gasteiger partial charge in [0.25, 0.3) is 10.0 Å². The van der Waals surface area contributed by atoms with Crippen LogP contribution < -0.4 is 14.8 Å². The standard InChI is InChI=1S/C29H28N2O4S/c1-20(25-13-8-11-21-9-4-6-12-26(21)25)30-19-23-17-22-10-5-7-14-27(22)31(23)36(32,33)24-15-16-28(34-2)29(18-24)35-3/h4-18,20,30H,19H2,1-3H3. The number of nitrogens with zero attached hydrogens (tertiary/aromatic N) is 1. The zero-order valence-electron chi connectivity index (χ0n) is 20.4. The van der Waals surface area contributed by atoms with Crippen molar-refractivity contribution in [3.05, 3.63) is 102 Å². The van der Waals surface area contributed by atoms with Gasteiger partial charge in [0.2, 0.25) is 0 Å². The van der Waals surface area contributed by atoms with Crippen LogP contribution in [0.1, 0.15) is 24.2 Å². The molecular weight excluding hydrogens is 472 g/mol. The highest BCUT2D eigenvalue weighted by molar-refractivity contribution is 7.90. The number of nitrogens with one attached hydrogen (secondary N) is 1. The molecule has 5 rings (SSSR count). The van der Waals surface area contributed by atoms with Gasteiger partial charge in [-0.2, -0.15) is 0 Å². The molecule has 5 aromatic rings. The molecule has 1 unspecified atom stereocenters. The molecule has 1 N–H and O–H groups in total. The molecule has 0 radical (unpaired) electrons. The fourth-order valence-corrected chi connectivity index (χ4v) is 6.23. The van der Waals surface area contributed by atoms with Crippen LogP contribution in [0.25, 0.3) is 21.7 Å². The number of methoxy groups -OCH3 is 2. The van der Waals surface area contributed by atoms with Crippen LogP contribution in [0.4, 0.5) is 0 Å². The third-order valence-corrected chi connectivity index (χ3v) is 8.27. The molecule has 0 spiro atoms. The molecule has 4 aromatic carbocycles. The third kappa shape index (κ3) is 4.21. The molecule has 0 amide bonds. The highest BCUT2D eigenvalue weighted by Crippen LogP contribution is 2.33. The highest BCUT2D eigenvalue weighted by Gasteiger charge is 2.25. The lowest BCUT2D eigenvalue weighted by Crippen LogP contribution is -2.23. The van der Waals surface area contributed by atoms with Crippen molar-refractivity contribution in [3.8, 4) is 11.5 Å². The summed E-state index contributed by atoms with van der Waals surface area (Å²) in [4.78, 5) is 0.129. The smallest absolute Gasteiger partial charge is 0.268 e. The Labute approximate surface area is 211 Å². The Morgan fingerprint density at radius 1 is 0.806 bits per heavy atom. The van der Waals surface area contributed by atoms with Crippen molar-refractivity contribution >= 4 is 31.7 Å². The maximum absolute atomic E-state index is 13.9. The van der Waals surface area contributed by atoms with Gasteiger partial charge >= 0.3 is 0 Å². The normalized spacial score (nSPS) is 12.6. The zero-order chi connectivity index (χ0) is 25.3. The highest BCUT2D eigenvalue weighted by atomic mass is 32.2. The first-order valence-electron chi connectivity index (χ1n) is 11.7. The minimum atomic E-state index is -3.92. The molecule has 0 fully saturated rings. The van der Waals surface area contributed by atoms with Gasteiger partial charge in [-0.15, -0.1) is 0 Å². The Kier molecular flexibility index (Phi) is 6.43. The van der Waals surface area contributed by atoms with E-state index in [1.165, 1.54) is 40.6 Å². The van der Waals surface area contributed by atoms with Gasteiger partial charge in [0.1, 0.15) is 0 Å². The van der Waals surface area contributed by atoms with Gasteiger partial charge in [-0.25, -0.2) is 12.4 Å². The van der Waals surface area contributed by atoms with Crippen LogP contribution in [0, 0.1) is 0 Å². The predicted molar refractivity (Wildman–Crippen MR) is 143 cm³/mol. The van der Waals surface area contributed by atoms with Gasteiger partial charge in [0.15, 0.2) is 11.5 Å². The number of aromatic nitrogens is 1. The molecule has 1 atom stereocenters. The average molecular weight is 501 g/mol. The minimum absolute atomic E-state index is 0.00588. The Balaban J connectivity index is 1.54. The summed E-state index contributed by atoms with van der Waals surface area (Å²) in [6.07, 6.45) is 0. The quantitative estimate of drug-likeness (QED) is 0.287. The van der Waals surface area contributed by atoms with Crippen LogP contribution in [0.15, 0.2) is 95.9 Å². The van der Waals surface area contributed by atoms with Crippen LogP contribution in [-0.4, -0.2) is 26.6 Å². The van der Waals surface area contributed by atoms with E-state index in [0.717, 1.165) is 5.39 Å². The third-order valence-electron chi connectivity index (χ3n) is 6.51. The largest absolute Gasteiger partial charge is 0.493 e. The second kappa shape index (κ2) is 9.68. The summed E-state index contributed by atoms with van der Waals surface area (Å²) in [6.45, 7) is 2.46. The summed E-state index contributed by atoms with van der Waals surface area (Å²) in [5.74, 6) is 0.832. The number of ether oxygens (including phenoxy) is 2. The zero-order valence-corrected chi connectivity index (χ0v) is 21.2. The Hall–Kier alpha value is -3.81. The van der Waals surface area contributed by atoms with Crippen LogP contribution in [0.2, 0.25) is 0 Å². The summed E-state index contributed by atoms with van der Waals surface area (Å²) in [5.41, 5.74) is 2.44. The number of rotatable bonds is 8. The van der Waals surface area contributed by atoms with E-state index in [2.05, 4.69) is 36.5 Å². The molecule has 0 aliphatic heterocycles. The second-order valence-electron chi connectivity index (χ2n) is 8.65. The molecule has 184 valence electrons. The molecule has 7 heteroatoms. The van der Waals surface area contributed by atoms with Gasteiger partial charge in [-0.05, 0) is 47.5 Å². The van der Waals surface area contributed by atoms with E-state index in [-0.39, 0.29) is 10.9 Å². The Bertz CT molecular complexity index is 1650. The molecule has 36 heavy (non-hydrogen) atoms. The van der Waals surface area contributed by atoms with Crippen LogP contribution in [0.3, 0.4) is 0 Å². The second-order valence-corrected chi connectivity index (χ2v) is 10.4. The van der Waals surface area contributed by atoms with E-state index < -0.39 is 10.0 Å². The van der Waals surface area contributed by atoms with E-state index in [1.807, 2.05) is 48.5 Å². The molecule has 0 bridgehead atoms. The summed E-state index contributed by atoms with van der Waals surface area (Å²) < 4.78 is 39.9.